The first-order valence-corrected chi connectivity index (χ1v) is 8.24. The van der Waals surface area contributed by atoms with Crippen molar-refractivity contribution in [1.29, 1.82) is 0 Å². The number of carbonyl (C=O) groups excluding carboxylic acids is 1. The van der Waals surface area contributed by atoms with Gasteiger partial charge >= 0.3 is 0 Å². The molecular weight excluding hydrogens is 316 g/mol. The van der Waals surface area contributed by atoms with Gasteiger partial charge in [-0.15, -0.1) is 0 Å². The SMILES string of the molecule is COc1ccc2nc(C3CC3)cc(C(=O)Nc3ccccc3O)c2c1. The van der Waals surface area contributed by atoms with E-state index in [-0.39, 0.29) is 11.7 Å². The largest absolute Gasteiger partial charge is 0.506 e. The van der Waals surface area contributed by atoms with Gasteiger partial charge in [-0.25, -0.2) is 0 Å². The summed E-state index contributed by atoms with van der Waals surface area (Å²) in [6.45, 7) is 0. The van der Waals surface area contributed by atoms with Gasteiger partial charge in [-0.05, 0) is 49.2 Å². The first kappa shape index (κ1) is 15.4. The van der Waals surface area contributed by atoms with Crippen LogP contribution >= 0.6 is 0 Å². The van der Waals surface area contributed by atoms with E-state index in [1.54, 1.807) is 31.4 Å². The summed E-state index contributed by atoms with van der Waals surface area (Å²) in [5, 5.41) is 13.4. The molecular formula is C20H18N2O3. The standard InChI is InChI=1S/C20H18N2O3/c1-25-13-8-9-16-14(10-13)15(11-18(21-16)12-6-7-12)20(24)22-17-4-2-3-5-19(17)23/h2-5,8-12,23H,6-7H2,1H3,(H,22,24). The average molecular weight is 334 g/mol. The number of benzene rings is 2. The maximum absolute atomic E-state index is 12.9. The van der Waals surface area contributed by atoms with Crippen LogP contribution in [0.3, 0.4) is 0 Å². The Balaban J connectivity index is 1.80. The Morgan fingerprint density at radius 3 is 2.72 bits per heavy atom. The van der Waals surface area contributed by atoms with E-state index in [9.17, 15) is 9.90 Å². The maximum Gasteiger partial charge on any atom is 0.256 e. The van der Waals surface area contributed by atoms with Gasteiger partial charge in [0.25, 0.3) is 5.91 Å². The van der Waals surface area contributed by atoms with Crippen LogP contribution in [-0.2, 0) is 0 Å². The van der Waals surface area contributed by atoms with Gasteiger partial charge in [0.1, 0.15) is 11.5 Å². The Bertz CT molecular complexity index is 964. The van der Waals surface area contributed by atoms with Crippen molar-refractivity contribution in [3.63, 3.8) is 0 Å². The molecule has 1 fully saturated rings. The van der Waals surface area contributed by atoms with Gasteiger partial charge < -0.3 is 15.2 Å². The summed E-state index contributed by atoms with van der Waals surface area (Å²) in [4.78, 5) is 17.6. The summed E-state index contributed by atoms with van der Waals surface area (Å²) in [7, 11) is 1.59. The number of hydrogen-bond acceptors (Lipinski definition) is 4. The molecule has 3 aromatic rings. The third-order valence-corrected chi connectivity index (χ3v) is 4.43. The third kappa shape index (κ3) is 3.01. The molecule has 1 aromatic heterocycles. The first-order chi connectivity index (χ1) is 12.2. The van der Waals surface area contributed by atoms with Gasteiger partial charge in [-0.1, -0.05) is 12.1 Å². The number of phenolic OH excluding ortho intramolecular Hbond substituents is 1. The predicted octanol–water partition coefficient (Wildman–Crippen LogP) is 4.08. The van der Waals surface area contributed by atoms with Crippen LogP contribution in [0.2, 0.25) is 0 Å². The van der Waals surface area contributed by atoms with E-state index in [1.807, 2.05) is 24.3 Å². The second-order valence-corrected chi connectivity index (χ2v) is 6.22. The summed E-state index contributed by atoms with van der Waals surface area (Å²) in [5.74, 6) is 0.867. The second kappa shape index (κ2) is 6.09. The average Bonchev–Trinajstić information content (AvgIpc) is 3.47. The molecule has 5 heteroatoms. The highest BCUT2D eigenvalue weighted by atomic mass is 16.5. The van der Waals surface area contributed by atoms with Crippen molar-refractivity contribution in [3.8, 4) is 11.5 Å². The maximum atomic E-state index is 12.9. The molecule has 2 aromatic carbocycles. The number of nitrogens with one attached hydrogen (secondary N) is 1. The molecule has 0 bridgehead atoms. The summed E-state index contributed by atoms with van der Waals surface area (Å²) in [6, 6.07) is 14.1. The van der Waals surface area contributed by atoms with E-state index < -0.39 is 0 Å². The number of hydrogen-bond donors (Lipinski definition) is 2. The highest BCUT2D eigenvalue weighted by Gasteiger charge is 2.27. The number of aromatic hydroxyl groups is 1. The van der Waals surface area contributed by atoms with E-state index in [4.69, 9.17) is 9.72 Å². The lowest BCUT2D eigenvalue weighted by Gasteiger charge is -2.12. The molecule has 0 atom stereocenters. The lowest BCUT2D eigenvalue weighted by molar-refractivity contribution is 0.102. The minimum Gasteiger partial charge on any atom is -0.506 e. The summed E-state index contributed by atoms with van der Waals surface area (Å²) in [5.41, 5.74) is 2.63. The molecule has 0 saturated heterocycles. The molecule has 126 valence electrons. The Morgan fingerprint density at radius 1 is 1.20 bits per heavy atom. The minimum absolute atomic E-state index is 0.0363. The molecule has 0 unspecified atom stereocenters. The molecule has 0 aliphatic heterocycles. The van der Waals surface area contributed by atoms with Crippen LogP contribution in [0.1, 0.15) is 34.8 Å². The number of amides is 1. The number of fused-ring (bicyclic) bond motifs is 1. The topological polar surface area (TPSA) is 71.5 Å². The summed E-state index contributed by atoms with van der Waals surface area (Å²) in [6.07, 6.45) is 2.21. The zero-order valence-electron chi connectivity index (χ0n) is 13.8. The number of phenols is 1. The number of methoxy groups -OCH3 is 1. The molecule has 1 aliphatic rings. The van der Waals surface area contributed by atoms with Gasteiger partial charge in [0.05, 0.1) is 23.9 Å². The lowest BCUT2D eigenvalue weighted by atomic mass is 10.0. The van der Waals surface area contributed by atoms with Crippen LogP contribution in [-0.4, -0.2) is 23.1 Å². The molecule has 1 saturated carbocycles. The normalized spacial score (nSPS) is 13.6. The molecule has 5 nitrogen and oxygen atoms in total. The molecule has 25 heavy (non-hydrogen) atoms. The molecule has 1 aliphatic carbocycles. The number of aromatic nitrogens is 1. The van der Waals surface area contributed by atoms with Gasteiger partial charge in [-0.3, -0.25) is 9.78 Å². The van der Waals surface area contributed by atoms with Crippen LogP contribution in [0.25, 0.3) is 10.9 Å². The van der Waals surface area contributed by atoms with Crippen molar-refractivity contribution in [2.75, 3.05) is 12.4 Å². The van der Waals surface area contributed by atoms with Crippen LogP contribution < -0.4 is 10.1 Å². The molecule has 4 rings (SSSR count). The summed E-state index contributed by atoms with van der Waals surface area (Å²) < 4.78 is 5.28. The fourth-order valence-electron chi connectivity index (χ4n) is 2.90. The fourth-order valence-corrected chi connectivity index (χ4v) is 2.90. The van der Waals surface area contributed by atoms with Crippen molar-refractivity contribution in [1.82, 2.24) is 4.98 Å². The minimum atomic E-state index is -0.274. The molecule has 1 heterocycles. The van der Waals surface area contributed by atoms with Crippen LogP contribution in [0.15, 0.2) is 48.5 Å². The van der Waals surface area contributed by atoms with Crippen LogP contribution in [0.5, 0.6) is 11.5 Å². The fraction of sp³-hybridized carbons (Fsp3) is 0.200. The lowest BCUT2D eigenvalue weighted by Crippen LogP contribution is -2.13. The number of ether oxygens (including phenoxy) is 1. The van der Waals surface area contributed by atoms with Crippen molar-refractivity contribution in [2.24, 2.45) is 0 Å². The number of pyridine rings is 1. The zero-order chi connectivity index (χ0) is 17.4. The van der Waals surface area contributed by atoms with Crippen molar-refractivity contribution >= 4 is 22.5 Å². The summed E-state index contributed by atoms with van der Waals surface area (Å²) >= 11 is 0. The zero-order valence-corrected chi connectivity index (χ0v) is 13.8. The molecule has 1 amide bonds. The van der Waals surface area contributed by atoms with Crippen molar-refractivity contribution in [3.05, 3.63) is 59.8 Å². The smallest absolute Gasteiger partial charge is 0.256 e. The Morgan fingerprint density at radius 2 is 2.00 bits per heavy atom. The first-order valence-electron chi connectivity index (χ1n) is 8.24. The van der Waals surface area contributed by atoms with Gasteiger partial charge in [0.2, 0.25) is 0 Å². The van der Waals surface area contributed by atoms with E-state index >= 15 is 0 Å². The van der Waals surface area contributed by atoms with E-state index in [0.717, 1.165) is 29.4 Å². The van der Waals surface area contributed by atoms with Crippen LogP contribution in [0.4, 0.5) is 5.69 Å². The highest BCUT2D eigenvalue weighted by molar-refractivity contribution is 6.13. The van der Waals surface area contributed by atoms with E-state index in [0.29, 0.717) is 22.9 Å². The van der Waals surface area contributed by atoms with E-state index in [2.05, 4.69) is 5.32 Å². The van der Waals surface area contributed by atoms with Gasteiger partial charge in [-0.2, -0.15) is 0 Å². The Labute approximate surface area is 145 Å². The Hall–Kier alpha value is -3.08. The van der Waals surface area contributed by atoms with Crippen LogP contribution in [0, 0.1) is 0 Å². The van der Waals surface area contributed by atoms with E-state index in [1.165, 1.54) is 0 Å². The third-order valence-electron chi connectivity index (χ3n) is 4.43. The van der Waals surface area contributed by atoms with Crippen molar-refractivity contribution in [2.45, 2.75) is 18.8 Å². The molecule has 0 spiro atoms. The molecule has 0 radical (unpaired) electrons. The number of anilines is 1. The second-order valence-electron chi connectivity index (χ2n) is 6.22. The van der Waals surface area contributed by atoms with Gasteiger partial charge in [0, 0.05) is 17.0 Å². The molecule has 2 N–H and O–H groups in total. The number of rotatable bonds is 4. The predicted molar refractivity (Wildman–Crippen MR) is 96.3 cm³/mol. The number of carbonyl (C=O) groups is 1. The Kier molecular flexibility index (Phi) is 3.76. The highest BCUT2D eigenvalue weighted by Crippen LogP contribution is 2.40. The van der Waals surface area contributed by atoms with Crippen molar-refractivity contribution < 1.29 is 14.6 Å². The number of para-hydroxylation sites is 2. The van der Waals surface area contributed by atoms with Gasteiger partial charge in [0.15, 0.2) is 0 Å². The number of nitrogens with zero attached hydrogens (tertiary/aromatic N) is 1. The quantitative estimate of drug-likeness (QED) is 0.705. The monoisotopic (exact) mass is 334 g/mol.